The molecule has 0 atom stereocenters. The summed E-state index contributed by atoms with van der Waals surface area (Å²) in [7, 11) is 0. The number of hydrogen-bond acceptors (Lipinski definition) is 8. The lowest BCUT2D eigenvalue weighted by Gasteiger charge is -2.36. The maximum Gasteiger partial charge on any atom is 0.490 e. The lowest BCUT2D eigenvalue weighted by atomic mass is 10.1. The first kappa shape index (κ1) is 26.9. The van der Waals surface area contributed by atoms with Crippen molar-refractivity contribution in [2.24, 2.45) is 0 Å². The van der Waals surface area contributed by atoms with Gasteiger partial charge in [0.2, 0.25) is 0 Å². The van der Waals surface area contributed by atoms with E-state index in [-0.39, 0.29) is 6.04 Å². The normalized spacial score (nSPS) is 14.5. The van der Waals surface area contributed by atoms with Gasteiger partial charge in [-0.15, -0.1) is 0 Å². The fraction of sp³-hybridized carbons (Fsp3) is 0.409. The van der Waals surface area contributed by atoms with Crippen LogP contribution in [0.25, 0.3) is 11.0 Å². The summed E-state index contributed by atoms with van der Waals surface area (Å²) in [5.41, 5.74) is 1.89. The monoisotopic (exact) mass is 513 g/mol. The molecule has 1 fully saturated rings. The Labute approximate surface area is 203 Å². The van der Waals surface area contributed by atoms with E-state index in [1.807, 2.05) is 0 Å². The second kappa shape index (κ2) is 11.4. The van der Waals surface area contributed by atoms with E-state index >= 15 is 0 Å². The summed E-state index contributed by atoms with van der Waals surface area (Å²) in [4.78, 5) is 22.7. The summed E-state index contributed by atoms with van der Waals surface area (Å²) >= 11 is 0. The van der Waals surface area contributed by atoms with E-state index in [1.54, 1.807) is 12.4 Å². The lowest BCUT2D eigenvalue weighted by Crippen LogP contribution is -2.46. The van der Waals surface area contributed by atoms with Crippen LogP contribution in [0.1, 0.15) is 19.4 Å². The van der Waals surface area contributed by atoms with Crippen molar-refractivity contribution in [3.8, 4) is 0 Å². The average Bonchev–Trinajstić information content (AvgIpc) is 2.80. The van der Waals surface area contributed by atoms with E-state index in [4.69, 9.17) is 14.9 Å². The number of halogens is 5. The predicted octanol–water partition coefficient (Wildman–Crippen LogP) is 3.47. The van der Waals surface area contributed by atoms with Gasteiger partial charge in [0.15, 0.2) is 11.6 Å². The molecular formula is C22H24F5N7O2. The highest BCUT2D eigenvalue weighted by molar-refractivity contribution is 5.79. The Kier molecular flexibility index (Phi) is 8.50. The number of anilines is 2. The minimum atomic E-state index is -5.08. The van der Waals surface area contributed by atoms with Gasteiger partial charge in [-0.25, -0.2) is 23.5 Å². The molecule has 2 aromatic heterocycles. The van der Waals surface area contributed by atoms with E-state index in [9.17, 15) is 22.0 Å². The highest BCUT2D eigenvalue weighted by Crippen LogP contribution is 2.26. The van der Waals surface area contributed by atoms with Crippen molar-refractivity contribution >= 4 is 28.6 Å². The van der Waals surface area contributed by atoms with E-state index in [1.165, 1.54) is 12.1 Å². The number of rotatable bonds is 5. The molecule has 0 bridgehead atoms. The Hall–Kier alpha value is -3.68. The fourth-order valence-electron chi connectivity index (χ4n) is 3.42. The van der Waals surface area contributed by atoms with E-state index in [2.05, 4.69) is 44.1 Å². The smallest absolute Gasteiger partial charge is 0.475 e. The molecule has 0 saturated carbocycles. The summed E-state index contributed by atoms with van der Waals surface area (Å²) in [5, 5.41) is 18.3. The van der Waals surface area contributed by atoms with Crippen molar-refractivity contribution < 1.29 is 31.9 Å². The minimum Gasteiger partial charge on any atom is -0.475 e. The highest BCUT2D eigenvalue weighted by atomic mass is 19.4. The molecule has 3 heterocycles. The van der Waals surface area contributed by atoms with Gasteiger partial charge in [0.05, 0.1) is 12.4 Å². The van der Waals surface area contributed by atoms with Crippen LogP contribution in [0.5, 0.6) is 0 Å². The number of carboxylic acids is 1. The lowest BCUT2D eigenvalue weighted by molar-refractivity contribution is -0.192. The maximum atomic E-state index is 14.0. The summed E-state index contributed by atoms with van der Waals surface area (Å²) in [6, 6.07) is 3.95. The van der Waals surface area contributed by atoms with Crippen molar-refractivity contribution in [3.63, 3.8) is 0 Å². The zero-order valence-electron chi connectivity index (χ0n) is 19.4. The molecule has 9 nitrogen and oxygen atoms in total. The first-order valence-electron chi connectivity index (χ1n) is 10.9. The zero-order chi connectivity index (χ0) is 26.5. The number of carboxylic acid groups (broad SMARTS) is 1. The number of alkyl halides is 3. The topological polar surface area (TPSA) is 107 Å². The van der Waals surface area contributed by atoms with E-state index < -0.39 is 23.8 Å². The Bertz CT molecular complexity index is 1200. The van der Waals surface area contributed by atoms with Crippen LogP contribution in [0.2, 0.25) is 0 Å². The number of piperazine rings is 1. The molecule has 194 valence electrons. The van der Waals surface area contributed by atoms with Gasteiger partial charge in [0.25, 0.3) is 0 Å². The summed E-state index contributed by atoms with van der Waals surface area (Å²) in [5.74, 6) is -2.31. The molecule has 4 rings (SSSR count). The molecule has 36 heavy (non-hydrogen) atoms. The second-order valence-electron chi connectivity index (χ2n) is 8.26. The number of nitrogens with one attached hydrogen (secondary N) is 1. The molecular weight excluding hydrogens is 489 g/mol. The Morgan fingerprint density at radius 2 is 1.64 bits per heavy atom. The zero-order valence-corrected chi connectivity index (χ0v) is 19.4. The first-order valence-corrected chi connectivity index (χ1v) is 10.9. The number of benzene rings is 1. The summed E-state index contributed by atoms with van der Waals surface area (Å²) < 4.78 is 58.8. The van der Waals surface area contributed by atoms with E-state index in [0.717, 1.165) is 43.9 Å². The van der Waals surface area contributed by atoms with Crippen molar-refractivity contribution in [1.82, 2.24) is 25.1 Å². The quantitative estimate of drug-likeness (QED) is 0.496. The molecule has 14 heteroatoms. The third-order valence-electron chi connectivity index (χ3n) is 5.11. The van der Waals surface area contributed by atoms with Crippen LogP contribution in [0.15, 0.2) is 30.6 Å². The molecule has 0 aliphatic carbocycles. The van der Waals surface area contributed by atoms with E-state index in [0.29, 0.717) is 23.1 Å². The fourth-order valence-corrected chi connectivity index (χ4v) is 3.42. The predicted molar refractivity (Wildman–Crippen MR) is 121 cm³/mol. The van der Waals surface area contributed by atoms with Crippen molar-refractivity contribution in [3.05, 3.63) is 47.8 Å². The molecule has 0 radical (unpaired) electrons. The molecule has 1 saturated heterocycles. The maximum absolute atomic E-state index is 14.0. The molecule has 0 amide bonds. The van der Waals surface area contributed by atoms with Crippen LogP contribution in [0, 0.1) is 11.6 Å². The largest absolute Gasteiger partial charge is 0.490 e. The van der Waals surface area contributed by atoms with Crippen LogP contribution < -0.4 is 10.2 Å². The summed E-state index contributed by atoms with van der Waals surface area (Å²) in [6.45, 7) is 7.50. The van der Waals surface area contributed by atoms with Gasteiger partial charge in [-0.05, 0) is 19.9 Å². The number of hydrogen-bond donors (Lipinski definition) is 2. The van der Waals surface area contributed by atoms with Crippen LogP contribution in [-0.4, -0.2) is 74.5 Å². The molecule has 0 spiro atoms. The van der Waals surface area contributed by atoms with Crippen LogP contribution >= 0.6 is 0 Å². The SMILES string of the molecule is CC(C)Nc1nc2cnncc2nc1N1CCN(Cc2ccc(F)cc2F)CC1.O=C(O)C(F)(F)F. The average molecular weight is 513 g/mol. The summed E-state index contributed by atoms with van der Waals surface area (Å²) in [6.07, 6.45) is -1.87. The second-order valence-corrected chi connectivity index (χ2v) is 8.26. The molecule has 1 aromatic carbocycles. The first-order chi connectivity index (χ1) is 16.9. The van der Waals surface area contributed by atoms with Crippen molar-refractivity contribution in [2.45, 2.75) is 32.6 Å². The van der Waals surface area contributed by atoms with Gasteiger partial charge in [-0.3, -0.25) is 4.90 Å². The van der Waals surface area contributed by atoms with Gasteiger partial charge in [-0.1, -0.05) is 6.07 Å². The van der Waals surface area contributed by atoms with Crippen LogP contribution in [0.4, 0.5) is 33.6 Å². The molecule has 1 aliphatic heterocycles. The third kappa shape index (κ3) is 7.16. The number of carbonyl (C=O) groups is 1. The Morgan fingerprint density at radius 1 is 1.06 bits per heavy atom. The molecule has 1 aliphatic rings. The Balaban J connectivity index is 0.000000454. The van der Waals surface area contributed by atoms with Crippen LogP contribution in [0.3, 0.4) is 0 Å². The minimum absolute atomic E-state index is 0.207. The van der Waals surface area contributed by atoms with Gasteiger partial charge in [0.1, 0.15) is 22.7 Å². The number of nitrogens with zero attached hydrogens (tertiary/aromatic N) is 6. The van der Waals surface area contributed by atoms with Gasteiger partial charge >= 0.3 is 12.1 Å². The highest BCUT2D eigenvalue weighted by Gasteiger charge is 2.38. The standard InChI is InChI=1S/C20H23F2N7.C2HF3O2/c1-13(2)25-19-20(27-18-11-24-23-10-17(18)26-19)29-7-5-28(6-8-29)12-14-3-4-15(21)9-16(14)22;3-2(4,5)1(6)7/h3-4,9-11,13H,5-8,12H2,1-2H3,(H,25,26);(H,6,7). The molecule has 3 aromatic rings. The van der Waals surface area contributed by atoms with Gasteiger partial charge in [-0.2, -0.15) is 23.4 Å². The number of fused-ring (bicyclic) bond motifs is 1. The number of aromatic nitrogens is 4. The van der Waals surface area contributed by atoms with Crippen molar-refractivity contribution in [1.29, 1.82) is 0 Å². The van der Waals surface area contributed by atoms with Gasteiger partial charge in [0, 0.05) is 50.4 Å². The number of aliphatic carboxylic acids is 1. The van der Waals surface area contributed by atoms with Crippen molar-refractivity contribution in [2.75, 3.05) is 36.4 Å². The molecule has 2 N–H and O–H groups in total. The molecule has 0 unspecified atom stereocenters. The third-order valence-corrected chi connectivity index (χ3v) is 5.11. The Morgan fingerprint density at radius 3 is 2.17 bits per heavy atom. The van der Waals surface area contributed by atoms with Crippen LogP contribution in [-0.2, 0) is 11.3 Å². The van der Waals surface area contributed by atoms with Gasteiger partial charge < -0.3 is 15.3 Å².